The van der Waals surface area contributed by atoms with E-state index in [1.807, 2.05) is 6.08 Å². The maximum Gasteiger partial charge on any atom is 0.475 e. The second kappa shape index (κ2) is 30.2. The summed E-state index contributed by atoms with van der Waals surface area (Å²) >= 11 is 0. The standard InChI is InChI=1S/C46H80N3O13P/c1-14-15-16-17-18-19-20-21-22-23-24-25-26-27-28-29-30-31-38(50)47-32-33-56-63(55,57-34-36(39(51)59-43(2,3)4)48-41(53)61-45(8,9)10)58-35-37(40(52)60-44(5,6)7)49-42(54)62-46(11,12)13/h18-19,21-22,24-25,27-28,36-37H,14-17,20,23,26,29-35H2,1-13H3,(H,47,50)(H,48,53)(H,49,54)/b19-18-,22-21-,25-24-,28-27-. The van der Waals surface area contributed by atoms with Crippen molar-refractivity contribution in [2.24, 2.45) is 0 Å². The fourth-order valence-corrected chi connectivity index (χ4v) is 6.01. The fraction of sp³-hybridized carbons (Fsp3) is 0.717. The van der Waals surface area contributed by atoms with E-state index in [1.165, 1.54) is 19.3 Å². The minimum Gasteiger partial charge on any atom is -0.458 e. The monoisotopic (exact) mass is 914 g/mol. The number of amides is 3. The number of carbonyl (C=O) groups excluding carboxylic acids is 5. The maximum absolute atomic E-state index is 14.2. The molecule has 0 heterocycles. The van der Waals surface area contributed by atoms with Gasteiger partial charge in [-0.1, -0.05) is 68.4 Å². The van der Waals surface area contributed by atoms with Gasteiger partial charge in [-0.05, 0) is 128 Å². The van der Waals surface area contributed by atoms with Crippen molar-refractivity contribution in [3.63, 3.8) is 0 Å². The summed E-state index contributed by atoms with van der Waals surface area (Å²) in [6.07, 6.45) is 24.2. The van der Waals surface area contributed by atoms with Crippen LogP contribution in [0.3, 0.4) is 0 Å². The molecule has 0 aromatic rings. The molecule has 2 atom stereocenters. The number of phosphoric ester groups is 1. The highest BCUT2D eigenvalue weighted by Crippen LogP contribution is 2.49. The van der Waals surface area contributed by atoms with Crippen LogP contribution in [0.5, 0.6) is 0 Å². The van der Waals surface area contributed by atoms with Crippen LogP contribution in [-0.4, -0.2) is 90.9 Å². The van der Waals surface area contributed by atoms with Crippen LogP contribution in [0, 0.1) is 0 Å². The molecular formula is C46H80N3O13P. The zero-order chi connectivity index (χ0) is 48.2. The summed E-state index contributed by atoms with van der Waals surface area (Å²) in [6, 6.07) is -3.13. The molecule has 362 valence electrons. The Balaban J connectivity index is 5.63. The number of allylic oxidation sites excluding steroid dienone is 8. The van der Waals surface area contributed by atoms with E-state index in [1.54, 1.807) is 83.1 Å². The first kappa shape index (κ1) is 59.0. The average molecular weight is 914 g/mol. The van der Waals surface area contributed by atoms with Crippen molar-refractivity contribution in [3.05, 3.63) is 48.6 Å². The van der Waals surface area contributed by atoms with Crippen molar-refractivity contribution in [1.82, 2.24) is 16.0 Å². The predicted molar refractivity (Wildman–Crippen MR) is 245 cm³/mol. The molecule has 3 amide bonds. The number of ether oxygens (including phenoxy) is 4. The summed E-state index contributed by atoms with van der Waals surface area (Å²) < 4.78 is 52.3. The van der Waals surface area contributed by atoms with Crippen molar-refractivity contribution in [3.8, 4) is 0 Å². The number of phosphoric acid groups is 1. The SMILES string of the molecule is CCCCC/C=C\C/C=C\C/C=C\C/C=C\CCCC(=O)NCCOP(=O)(OCC(NC(=O)OC(C)(C)C)C(=O)OC(C)(C)C)OCC(NC(=O)OC(C)(C)C)C(=O)OC(C)(C)C. The van der Waals surface area contributed by atoms with E-state index < -0.39 is 86.3 Å². The van der Waals surface area contributed by atoms with Gasteiger partial charge in [-0.15, -0.1) is 0 Å². The van der Waals surface area contributed by atoms with Crippen LogP contribution in [0.1, 0.15) is 154 Å². The van der Waals surface area contributed by atoms with Crippen LogP contribution in [0.4, 0.5) is 9.59 Å². The van der Waals surface area contributed by atoms with Gasteiger partial charge in [0.25, 0.3) is 0 Å². The maximum atomic E-state index is 14.2. The Morgan fingerprint density at radius 1 is 0.524 bits per heavy atom. The second-order valence-electron chi connectivity index (χ2n) is 18.7. The molecule has 0 rings (SSSR count). The number of alkyl carbamates (subject to hydrolysis) is 2. The predicted octanol–water partition coefficient (Wildman–Crippen LogP) is 9.88. The quantitative estimate of drug-likeness (QED) is 0.0220. The van der Waals surface area contributed by atoms with Gasteiger partial charge in [0.05, 0.1) is 19.8 Å². The molecule has 0 bridgehead atoms. The Kier molecular flexibility index (Phi) is 28.3. The van der Waals surface area contributed by atoms with Gasteiger partial charge in [0.15, 0.2) is 12.1 Å². The first-order valence-corrected chi connectivity index (χ1v) is 23.4. The fourth-order valence-electron chi connectivity index (χ4n) is 4.80. The molecule has 0 fully saturated rings. The third-order valence-electron chi connectivity index (χ3n) is 7.47. The number of nitrogens with one attached hydrogen (secondary N) is 3. The van der Waals surface area contributed by atoms with E-state index in [0.717, 1.165) is 25.7 Å². The topological polar surface area (TPSA) is 203 Å². The number of esters is 2. The Morgan fingerprint density at radius 2 is 0.905 bits per heavy atom. The molecule has 0 aliphatic rings. The van der Waals surface area contributed by atoms with Gasteiger partial charge in [0, 0.05) is 13.0 Å². The molecule has 0 spiro atoms. The lowest BCUT2D eigenvalue weighted by Crippen LogP contribution is -2.49. The molecule has 3 N–H and O–H groups in total. The number of hydrogen-bond donors (Lipinski definition) is 3. The van der Waals surface area contributed by atoms with E-state index in [0.29, 0.717) is 12.8 Å². The summed E-state index contributed by atoms with van der Waals surface area (Å²) in [5.74, 6) is -2.17. The third kappa shape index (κ3) is 36.1. The van der Waals surface area contributed by atoms with E-state index in [4.69, 9.17) is 32.5 Å². The van der Waals surface area contributed by atoms with Crippen LogP contribution in [0.15, 0.2) is 48.6 Å². The highest BCUT2D eigenvalue weighted by molar-refractivity contribution is 7.48. The zero-order valence-corrected chi connectivity index (χ0v) is 41.3. The van der Waals surface area contributed by atoms with Gasteiger partial charge in [-0.2, -0.15) is 0 Å². The lowest BCUT2D eigenvalue weighted by Gasteiger charge is -2.28. The Labute approximate surface area is 377 Å². The van der Waals surface area contributed by atoms with E-state index in [2.05, 4.69) is 65.4 Å². The summed E-state index contributed by atoms with van der Waals surface area (Å²) in [6.45, 7) is 19.5. The molecule has 0 saturated heterocycles. The second-order valence-corrected chi connectivity index (χ2v) is 20.3. The van der Waals surface area contributed by atoms with Crippen molar-refractivity contribution < 1.29 is 61.1 Å². The molecule has 0 aliphatic carbocycles. The molecule has 16 nitrogen and oxygen atoms in total. The number of rotatable bonds is 28. The van der Waals surface area contributed by atoms with Crippen LogP contribution >= 0.6 is 7.82 Å². The number of unbranched alkanes of at least 4 members (excludes halogenated alkanes) is 4. The summed E-state index contributed by atoms with van der Waals surface area (Å²) in [4.78, 5) is 64.3. The number of hydrogen-bond acceptors (Lipinski definition) is 13. The molecule has 2 unspecified atom stereocenters. The first-order valence-electron chi connectivity index (χ1n) is 22.0. The third-order valence-corrected chi connectivity index (χ3v) is 8.90. The lowest BCUT2D eigenvalue weighted by molar-refractivity contribution is -0.158. The van der Waals surface area contributed by atoms with E-state index in [9.17, 15) is 28.5 Å². The minimum atomic E-state index is -4.77. The minimum absolute atomic E-state index is 0.114. The summed E-state index contributed by atoms with van der Waals surface area (Å²) in [5.41, 5.74) is -3.82. The molecule has 0 radical (unpaired) electrons. The Bertz CT molecular complexity index is 1480. The van der Waals surface area contributed by atoms with Crippen LogP contribution < -0.4 is 16.0 Å². The molecule has 0 aromatic carbocycles. The van der Waals surface area contributed by atoms with Gasteiger partial charge < -0.3 is 34.9 Å². The van der Waals surface area contributed by atoms with Crippen molar-refractivity contribution in [1.29, 1.82) is 0 Å². The first-order chi connectivity index (χ1) is 29.1. The van der Waals surface area contributed by atoms with Crippen molar-refractivity contribution >= 4 is 37.9 Å². The van der Waals surface area contributed by atoms with Crippen molar-refractivity contribution in [2.45, 2.75) is 189 Å². The number of carbonyl (C=O) groups is 5. The zero-order valence-electron chi connectivity index (χ0n) is 40.4. The molecule has 17 heteroatoms. The van der Waals surface area contributed by atoms with Crippen LogP contribution in [0.25, 0.3) is 0 Å². The largest absolute Gasteiger partial charge is 0.475 e. The van der Waals surface area contributed by atoms with Crippen LogP contribution in [0.2, 0.25) is 0 Å². The van der Waals surface area contributed by atoms with Gasteiger partial charge in [0.2, 0.25) is 5.91 Å². The van der Waals surface area contributed by atoms with Crippen LogP contribution in [-0.2, 0) is 51.5 Å². The smallest absolute Gasteiger partial charge is 0.458 e. The normalized spacial score (nSPS) is 14.7. The van der Waals surface area contributed by atoms with Gasteiger partial charge in [0.1, 0.15) is 22.4 Å². The molecule has 0 saturated carbocycles. The Hall–Kier alpha value is -3.98. The lowest BCUT2D eigenvalue weighted by atomic mass is 10.2. The van der Waals surface area contributed by atoms with Gasteiger partial charge in [-0.25, -0.2) is 23.7 Å². The Morgan fingerprint density at radius 3 is 1.29 bits per heavy atom. The van der Waals surface area contributed by atoms with Gasteiger partial charge in [-0.3, -0.25) is 18.4 Å². The molecule has 0 aliphatic heterocycles. The molecule has 0 aromatic heterocycles. The highest BCUT2D eigenvalue weighted by atomic mass is 31.2. The van der Waals surface area contributed by atoms with E-state index in [-0.39, 0.29) is 18.9 Å². The highest BCUT2D eigenvalue weighted by Gasteiger charge is 2.37. The average Bonchev–Trinajstić information content (AvgIpc) is 3.12. The summed E-state index contributed by atoms with van der Waals surface area (Å²) in [7, 11) is -4.77. The van der Waals surface area contributed by atoms with Gasteiger partial charge >= 0.3 is 31.9 Å². The molecular weight excluding hydrogens is 833 g/mol. The summed E-state index contributed by atoms with van der Waals surface area (Å²) in [5, 5.41) is 7.39. The van der Waals surface area contributed by atoms with E-state index >= 15 is 0 Å². The molecule has 63 heavy (non-hydrogen) atoms. The van der Waals surface area contributed by atoms with Crippen molar-refractivity contribution in [2.75, 3.05) is 26.4 Å².